The maximum atomic E-state index is 9.08. The average Bonchev–Trinajstić information content (AvgIpc) is 3.00. The molecule has 5 heteroatoms. The highest BCUT2D eigenvalue weighted by Gasteiger charge is 2.36. The molecule has 0 saturated heterocycles. The van der Waals surface area contributed by atoms with Crippen LogP contribution in [0.2, 0.25) is 0 Å². The van der Waals surface area contributed by atoms with Crippen LogP contribution in [-0.4, -0.2) is 21.9 Å². The predicted octanol–water partition coefficient (Wildman–Crippen LogP) is 2.17. The quantitative estimate of drug-likeness (QED) is 0.844. The third-order valence-corrected chi connectivity index (χ3v) is 3.92. The molecule has 1 atom stereocenters. The Labute approximate surface area is 118 Å². The van der Waals surface area contributed by atoms with Crippen molar-refractivity contribution in [2.45, 2.75) is 38.1 Å². The van der Waals surface area contributed by atoms with Gasteiger partial charge in [0.2, 0.25) is 5.89 Å². The van der Waals surface area contributed by atoms with Gasteiger partial charge >= 0.3 is 0 Å². The largest absolute Gasteiger partial charge is 0.394 e. The summed E-state index contributed by atoms with van der Waals surface area (Å²) in [6.07, 6.45) is 1.72. The van der Waals surface area contributed by atoms with Gasteiger partial charge in [0, 0.05) is 0 Å². The Kier molecular flexibility index (Phi) is 4.52. The summed E-state index contributed by atoms with van der Waals surface area (Å²) in [4.78, 5) is 4.41. The van der Waals surface area contributed by atoms with Crippen molar-refractivity contribution in [3.63, 3.8) is 0 Å². The first-order valence-corrected chi connectivity index (χ1v) is 6.94. The maximum absolute atomic E-state index is 9.08. The maximum Gasteiger partial charge on any atom is 0.245 e. The number of nitrogens with zero attached hydrogens (tertiary/aromatic N) is 2. The van der Waals surface area contributed by atoms with E-state index in [0.717, 1.165) is 18.4 Å². The van der Waals surface area contributed by atoms with Crippen molar-refractivity contribution in [2.24, 2.45) is 5.73 Å². The summed E-state index contributed by atoms with van der Waals surface area (Å²) in [5.41, 5.74) is 6.61. The lowest BCUT2D eigenvalue weighted by Gasteiger charge is -2.28. The molecular formula is C15H21N3O2. The molecule has 2 aromatic rings. The summed E-state index contributed by atoms with van der Waals surface area (Å²) >= 11 is 0. The molecule has 1 aromatic carbocycles. The van der Waals surface area contributed by atoms with E-state index in [0.29, 0.717) is 5.82 Å². The molecule has 1 heterocycles. The van der Waals surface area contributed by atoms with E-state index in [1.807, 2.05) is 18.2 Å². The molecule has 0 amide bonds. The standard InChI is InChI=1S/C15H21N3O2/c1-3-15(4-2,11-8-6-5-7-9-11)14-17-13(20-18-14)12(16)10-19/h5-9,12,19H,3-4,10,16H2,1-2H3/t12-/m1/s1. The van der Waals surface area contributed by atoms with E-state index in [2.05, 4.69) is 36.1 Å². The molecule has 5 nitrogen and oxygen atoms in total. The van der Waals surface area contributed by atoms with Crippen molar-refractivity contribution >= 4 is 0 Å². The van der Waals surface area contributed by atoms with Gasteiger partial charge in [0.25, 0.3) is 0 Å². The van der Waals surface area contributed by atoms with Crippen molar-refractivity contribution in [3.8, 4) is 0 Å². The zero-order chi connectivity index (χ0) is 14.6. The van der Waals surface area contributed by atoms with E-state index in [4.69, 9.17) is 15.4 Å². The first-order valence-electron chi connectivity index (χ1n) is 6.94. The lowest BCUT2D eigenvalue weighted by Crippen LogP contribution is -2.28. The van der Waals surface area contributed by atoms with E-state index in [9.17, 15) is 0 Å². The van der Waals surface area contributed by atoms with Crippen LogP contribution < -0.4 is 5.73 Å². The number of aliphatic hydroxyl groups excluding tert-OH is 1. The van der Waals surface area contributed by atoms with Crippen LogP contribution in [0.1, 0.15) is 50.0 Å². The molecule has 0 aliphatic heterocycles. The summed E-state index contributed by atoms with van der Waals surface area (Å²) in [5.74, 6) is 0.914. The first-order chi connectivity index (χ1) is 9.67. The van der Waals surface area contributed by atoms with Gasteiger partial charge < -0.3 is 15.4 Å². The second kappa shape index (κ2) is 6.15. The highest BCUT2D eigenvalue weighted by Crippen LogP contribution is 2.37. The number of nitrogens with two attached hydrogens (primary N) is 1. The fourth-order valence-corrected chi connectivity index (χ4v) is 2.52. The Bertz CT molecular complexity index is 535. The van der Waals surface area contributed by atoms with Crippen LogP contribution >= 0.6 is 0 Å². The van der Waals surface area contributed by atoms with Gasteiger partial charge in [-0.1, -0.05) is 49.3 Å². The van der Waals surface area contributed by atoms with Crippen LogP contribution in [-0.2, 0) is 5.41 Å². The van der Waals surface area contributed by atoms with Gasteiger partial charge in [0.1, 0.15) is 6.04 Å². The summed E-state index contributed by atoms with van der Waals surface area (Å²) in [5, 5.41) is 13.2. The molecule has 0 saturated carbocycles. The third kappa shape index (κ3) is 2.46. The topological polar surface area (TPSA) is 85.2 Å². The minimum absolute atomic E-state index is 0.210. The van der Waals surface area contributed by atoms with Gasteiger partial charge in [0.15, 0.2) is 5.82 Å². The Hall–Kier alpha value is -1.72. The van der Waals surface area contributed by atoms with Gasteiger partial charge in [0.05, 0.1) is 12.0 Å². The average molecular weight is 275 g/mol. The van der Waals surface area contributed by atoms with E-state index < -0.39 is 6.04 Å². The van der Waals surface area contributed by atoms with E-state index in [1.165, 1.54) is 0 Å². The number of rotatable bonds is 6. The summed E-state index contributed by atoms with van der Waals surface area (Å²) in [6.45, 7) is 4.01. The van der Waals surface area contributed by atoms with Crippen molar-refractivity contribution in [2.75, 3.05) is 6.61 Å². The minimum Gasteiger partial charge on any atom is -0.394 e. The molecule has 0 aliphatic rings. The van der Waals surface area contributed by atoms with Crippen LogP contribution in [0.25, 0.3) is 0 Å². The van der Waals surface area contributed by atoms with Crippen LogP contribution in [0.4, 0.5) is 0 Å². The van der Waals surface area contributed by atoms with Gasteiger partial charge in [-0.15, -0.1) is 0 Å². The predicted molar refractivity (Wildman–Crippen MR) is 76.1 cm³/mol. The second-order valence-electron chi connectivity index (χ2n) is 4.90. The zero-order valence-electron chi connectivity index (χ0n) is 11.9. The van der Waals surface area contributed by atoms with Gasteiger partial charge in [-0.25, -0.2) is 0 Å². The van der Waals surface area contributed by atoms with Crippen LogP contribution in [0, 0.1) is 0 Å². The number of hydrogen-bond acceptors (Lipinski definition) is 5. The fraction of sp³-hybridized carbons (Fsp3) is 0.467. The van der Waals surface area contributed by atoms with Gasteiger partial charge in [-0.2, -0.15) is 4.98 Å². The van der Waals surface area contributed by atoms with Gasteiger partial charge in [-0.05, 0) is 18.4 Å². The second-order valence-corrected chi connectivity index (χ2v) is 4.90. The number of hydrogen-bond donors (Lipinski definition) is 2. The fourth-order valence-electron chi connectivity index (χ4n) is 2.52. The number of benzene rings is 1. The summed E-state index contributed by atoms with van der Waals surface area (Å²) in [6, 6.07) is 9.54. The number of aliphatic hydroxyl groups is 1. The Morgan fingerprint density at radius 3 is 2.45 bits per heavy atom. The summed E-state index contributed by atoms with van der Waals surface area (Å²) < 4.78 is 5.20. The lowest BCUT2D eigenvalue weighted by atomic mass is 9.75. The highest BCUT2D eigenvalue weighted by atomic mass is 16.5. The van der Waals surface area contributed by atoms with Crippen LogP contribution in [0.3, 0.4) is 0 Å². The molecule has 3 N–H and O–H groups in total. The van der Waals surface area contributed by atoms with Crippen LogP contribution in [0.15, 0.2) is 34.9 Å². The highest BCUT2D eigenvalue weighted by molar-refractivity contribution is 5.32. The zero-order valence-corrected chi connectivity index (χ0v) is 11.9. The van der Waals surface area contributed by atoms with E-state index in [-0.39, 0.29) is 17.9 Å². The third-order valence-electron chi connectivity index (χ3n) is 3.92. The Balaban J connectivity index is 2.46. The first kappa shape index (κ1) is 14.7. The SMILES string of the molecule is CCC(CC)(c1ccccc1)c1noc([C@H](N)CO)n1. The molecule has 0 fully saturated rings. The molecule has 1 aromatic heterocycles. The normalized spacial score (nSPS) is 13.4. The van der Waals surface area contributed by atoms with Crippen molar-refractivity contribution in [1.29, 1.82) is 0 Å². The number of aromatic nitrogens is 2. The minimum atomic E-state index is -0.626. The van der Waals surface area contributed by atoms with Gasteiger partial charge in [-0.3, -0.25) is 0 Å². The van der Waals surface area contributed by atoms with Crippen molar-refractivity contribution in [3.05, 3.63) is 47.6 Å². The van der Waals surface area contributed by atoms with E-state index in [1.54, 1.807) is 0 Å². The molecule has 0 bridgehead atoms. The van der Waals surface area contributed by atoms with Crippen LogP contribution in [0.5, 0.6) is 0 Å². The smallest absolute Gasteiger partial charge is 0.245 e. The summed E-state index contributed by atoms with van der Waals surface area (Å²) in [7, 11) is 0. The molecule has 0 spiro atoms. The molecular weight excluding hydrogens is 254 g/mol. The Morgan fingerprint density at radius 2 is 1.90 bits per heavy atom. The van der Waals surface area contributed by atoms with E-state index >= 15 is 0 Å². The molecule has 0 unspecified atom stereocenters. The monoisotopic (exact) mass is 275 g/mol. The Morgan fingerprint density at radius 1 is 1.25 bits per heavy atom. The van der Waals surface area contributed by atoms with Crippen molar-refractivity contribution in [1.82, 2.24) is 10.1 Å². The molecule has 0 aliphatic carbocycles. The lowest BCUT2D eigenvalue weighted by molar-refractivity contribution is 0.236. The van der Waals surface area contributed by atoms with Crippen molar-refractivity contribution < 1.29 is 9.63 Å². The molecule has 108 valence electrons. The molecule has 2 rings (SSSR count). The molecule has 0 radical (unpaired) electrons. The molecule has 20 heavy (non-hydrogen) atoms.